The monoisotopic (exact) mass is 257 g/mol. The predicted octanol–water partition coefficient (Wildman–Crippen LogP) is 2.21. The van der Waals surface area contributed by atoms with Crippen LogP contribution < -0.4 is 10.1 Å². The molecular weight excluding hydrogens is 238 g/mol. The number of nitrogens with one attached hydrogen (secondary N) is 1. The Hall–Kier alpha value is -1.94. The van der Waals surface area contributed by atoms with Gasteiger partial charge in [0.05, 0.1) is 12.3 Å². The van der Waals surface area contributed by atoms with Crippen LogP contribution in [0.1, 0.15) is 17.7 Å². The number of hydrogen-bond acceptors (Lipinski definition) is 4. The summed E-state index contributed by atoms with van der Waals surface area (Å²) in [7, 11) is 1.88. The van der Waals surface area contributed by atoms with Crippen LogP contribution in [0, 0.1) is 0 Å². The fraction of sp³-hybridized carbons (Fsp3) is 0.333. The van der Waals surface area contributed by atoms with Crippen molar-refractivity contribution in [2.75, 3.05) is 13.7 Å². The Balaban J connectivity index is 1.70. The van der Waals surface area contributed by atoms with Crippen LogP contribution in [0.2, 0.25) is 0 Å². The molecule has 0 aliphatic heterocycles. The van der Waals surface area contributed by atoms with E-state index < -0.39 is 0 Å². The van der Waals surface area contributed by atoms with E-state index in [9.17, 15) is 0 Å². The lowest BCUT2D eigenvalue weighted by molar-refractivity contribution is 0.295. The number of rotatable bonds is 7. The Kier molecular flexibility index (Phi) is 5.31. The van der Waals surface area contributed by atoms with Gasteiger partial charge in [-0.2, -0.15) is 5.10 Å². The molecule has 4 nitrogen and oxygen atoms in total. The Morgan fingerprint density at radius 2 is 1.89 bits per heavy atom. The zero-order chi connectivity index (χ0) is 13.3. The van der Waals surface area contributed by atoms with Crippen molar-refractivity contribution in [2.24, 2.45) is 0 Å². The summed E-state index contributed by atoms with van der Waals surface area (Å²) in [5.74, 6) is 0.591. The van der Waals surface area contributed by atoms with E-state index in [-0.39, 0.29) is 0 Å². The summed E-state index contributed by atoms with van der Waals surface area (Å²) < 4.78 is 5.57. The maximum atomic E-state index is 5.57. The van der Waals surface area contributed by atoms with Gasteiger partial charge in [-0.05, 0) is 31.5 Å². The molecule has 19 heavy (non-hydrogen) atoms. The highest BCUT2D eigenvalue weighted by atomic mass is 16.5. The minimum atomic E-state index is 0.591. The van der Waals surface area contributed by atoms with E-state index in [1.807, 2.05) is 25.2 Å². The van der Waals surface area contributed by atoms with E-state index >= 15 is 0 Å². The van der Waals surface area contributed by atoms with Crippen molar-refractivity contribution in [1.29, 1.82) is 0 Å². The Morgan fingerprint density at radius 3 is 2.58 bits per heavy atom. The number of benzene rings is 1. The standard InChI is InChI=1S/C15H19N3O/c1-16-12-14-9-10-15(18-17-14)19-11-5-8-13-6-3-2-4-7-13/h2-4,6-7,9-10,16H,5,8,11-12H2,1H3. The van der Waals surface area contributed by atoms with E-state index in [0.717, 1.165) is 25.1 Å². The van der Waals surface area contributed by atoms with Gasteiger partial charge in [0.2, 0.25) is 5.88 Å². The molecule has 0 aliphatic rings. The highest BCUT2D eigenvalue weighted by Crippen LogP contribution is 2.07. The van der Waals surface area contributed by atoms with Gasteiger partial charge in [0.1, 0.15) is 0 Å². The molecule has 0 spiro atoms. The first-order chi connectivity index (χ1) is 9.38. The fourth-order valence-corrected chi connectivity index (χ4v) is 1.80. The molecular formula is C15H19N3O. The largest absolute Gasteiger partial charge is 0.477 e. The third-order valence-electron chi connectivity index (χ3n) is 2.76. The van der Waals surface area contributed by atoms with Gasteiger partial charge < -0.3 is 10.1 Å². The maximum Gasteiger partial charge on any atom is 0.233 e. The smallest absolute Gasteiger partial charge is 0.233 e. The van der Waals surface area contributed by atoms with Gasteiger partial charge in [-0.25, -0.2) is 0 Å². The molecule has 0 unspecified atom stereocenters. The van der Waals surface area contributed by atoms with Crippen molar-refractivity contribution < 1.29 is 4.74 Å². The summed E-state index contributed by atoms with van der Waals surface area (Å²) in [6, 6.07) is 14.2. The van der Waals surface area contributed by atoms with Gasteiger partial charge in [0, 0.05) is 12.6 Å². The molecule has 0 saturated carbocycles. The Morgan fingerprint density at radius 1 is 1.05 bits per heavy atom. The highest BCUT2D eigenvalue weighted by Gasteiger charge is 1.98. The third kappa shape index (κ3) is 4.67. The first-order valence-corrected chi connectivity index (χ1v) is 6.52. The molecule has 2 aromatic rings. The summed E-state index contributed by atoms with van der Waals surface area (Å²) in [5, 5.41) is 11.1. The molecule has 1 heterocycles. The summed E-state index contributed by atoms with van der Waals surface area (Å²) in [6.45, 7) is 1.39. The van der Waals surface area contributed by atoms with Crippen LogP contribution in [-0.4, -0.2) is 23.9 Å². The van der Waals surface area contributed by atoms with Crippen molar-refractivity contribution in [2.45, 2.75) is 19.4 Å². The molecule has 100 valence electrons. The molecule has 1 aromatic carbocycles. The van der Waals surface area contributed by atoms with Crippen molar-refractivity contribution in [3.8, 4) is 5.88 Å². The molecule has 0 aliphatic carbocycles. The average Bonchev–Trinajstić information content (AvgIpc) is 2.47. The van der Waals surface area contributed by atoms with Crippen LogP contribution in [0.5, 0.6) is 5.88 Å². The molecule has 4 heteroatoms. The van der Waals surface area contributed by atoms with Gasteiger partial charge in [-0.3, -0.25) is 0 Å². The molecule has 1 N–H and O–H groups in total. The number of nitrogens with zero attached hydrogens (tertiary/aromatic N) is 2. The molecule has 2 rings (SSSR count). The predicted molar refractivity (Wildman–Crippen MR) is 75.1 cm³/mol. The topological polar surface area (TPSA) is 47.0 Å². The zero-order valence-electron chi connectivity index (χ0n) is 11.2. The fourth-order valence-electron chi connectivity index (χ4n) is 1.80. The number of ether oxygens (including phenoxy) is 1. The molecule has 0 radical (unpaired) electrons. The van der Waals surface area contributed by atoms with E-state index in [4.69, 9.17) is 4.74 Å². The number of hydrogen-bond donors (Lipinski definition) is 1. The lowest BCUT2D eigenvalue weighted by Gasteiger charge is -2.05. The van der Waals surface area contributed by atoms with Crippen LogP contribution >= 0.6 is 0 Å². The minimum Gasteiger partial charge on any atom is -0.477 e. The van der Waals surface area contributed by atoms with Crippen molar-refractivity contribution in [3.05, 3.63) is 53.7 Å². The lowest BCUT2D eigenvalue weighted by Crippen LogP contribution is -2.08. The van der Waals surface area contributed by atoms with E-state index in [0.29, 0.717) is 12.5 Å². The molecule has 0 fully saturated rings. The zero-order valence-corrected chi connectivity index (χ0v) is 11.2. The first kappa shape index (κ1) is 13.5. The second kappa shape index (κ2) is 7.48. The summed E-state index contributed by atoms with van der Waals surface area (Å²) in [4.78, 5) is 0. The number of aryl methyl sites for hydroxylation is 1. The van der Waals surface area contributed by atoms with Gasteiger partial charge in [0.25, 0.3) is 0 Å². The van der Waals surface area contributed by atoms with Crippen LogP contribution in [0.4, 0.5) is 0 Å². The molecule has 1 aromatic heterocycles. The third-order valence-corrected chi connectivity index (χ3v) is 2.76. The van der Waals surface area contributed by atoms with E-state index in [2.05, 4.69) is 39.8 Å². The van der Waals surface area contributed by atoms with Crippen molar-refractivity contribution in [1.82, 2.24) is 15.5 Å². The Labute approximate surface area is 113 Å². The second-order valence-corrected chi connectivity index (χ2v) is 4.33. The molecule has 0 saturated heterocycles. The van der Waals surface area contributed by atoms with Crippen LogP contribution in [-0.2, 0) is 13.0 Å². The SMILES string of the molecule is CNCc1ccc(OCCCc2ccccc2)nn1. The molecule has 0 amide bonds. The van der Waals surface area contributed by atoms with Gasteiger partial charge >= 0.3 is 0 Å². The Bertz CT molecular complexity index is 471. The number of aromatic nitrogens is 2. The van der Waals surface area contributed by atoms with Gasteiger partial charge in [-0.15, -0.1) is 5.10 Å². The normalized spacial score (nSPS) is 10.4. The van der Waals surface area contributed by atoms with E-state index in [1.54, 1.807) is 0 Å². The maximum absolute atomic E-state index is 5.57. The molecule has 0 bridgehead atoms. The van der Waals surface area contributed by atoms with Crippen LogP contribution in [0.15, 0.2) is 42.5 Å². The van der Waals surface area contributed by atoms with Crippen molar-refractivity contribution in [3.63, 3.8) is 0 Å². The van der Waals surface area contributed by atoms with Crippen LogP contribution in [0.25, 0.3) is 0 Å². The summed E-state index contributed by atoms with van der Waals surface area (Å²) >= 11 is 0. The quantitative estimate of drug-likeness (QED) is 0.773. The second-order valence-electron chi connectivity index (χ2n) is 4.33. The van der Waals surface area contributed by atoms with Gasteiger partial charge in [0.15, 0.2) is 0 Å². The molecule has 0 atom stereocenters. The van der Waals surface area contributed by atoms with Gasteiger partial charge in [-0.1, -0.05) is 30.3 Å². The van der Waals surface area contributed by atoms with E-state index in [1.165, 1.54) is 5.56 Å². The van der Waals surface area contributed by atoms with Crippen LogP contribution in [0.3, 0.4) is 0 Å². The van der Waals surface area contributed by atoms with Crippen molar-refractivity contribution >= 4 is 0 Å². The summed E-state index contributed by atoms with van der Waals surface area (Å²) in [5.41, 5.74) is 2.25. The first-order valence-electron chi connectivity index (χ1n) is 6.52. The highest BCUT2D eigenvalue weighted by molar-refractivity contribution is 5.15. The summed E-state index contributed by atoms with van der Waals surface area (Å²) in [6.07, 6.45) is 2.00. The average molecular weight is 257 g/mol. The minimum absolute atomic E-state index is 0.591. The lowest BCUT2D eigenvalue weighted by atomic mass is 10.1.